The second-order valence-electron chi connectivity index (χ2n) is 4.27. The van der Waals surface area contributed by atoms with Crippen molar-refractivity contribution >= 4 is 11.9 Å². The van der Waals surface area contributed by atoms with E-state index in [1.165, 1.54) is 0 Å². The smallest absolute Gasteiger partial charge is 0.323 e. The maximum absolute atomic E-state index is 9.53. The number of aliphatic hydroxyl groups is 2. The average Bonchev–Trinajstić information content (AvgIpc) is 2.76. The Bertz CT molecular complexity index is 422. The number of aromatic nitrogens is 3. The van der Waals surface area contributed by atoms with Gasteiger partial charge in [0.15, 0.2) is 0 Å². The molecule has 1 fully saturated rings. The predicted molar refractivity (Wildman–Crippen MR) is 67.6 cm³/mol. The third-order valence-corrected chi connectivity index (χ3v) is 2.71. The highest BCUT2D eigenvalue weighted by Gasteiger charge is 2.31. The first-order chi connectivity index (χ1) is 9.13. The van der Waals surface area contributed by atoms with Crippen molar-refractivity contribution in [3.05, 3.63) is 0 Å². The number of nitrogens with zero attached hydrogens (tertiary/aromatic N) is 4. The molecule has 0 bridgehead atoms. The first kappa shape index (κ1) is 13.7. The Labute approximate surface area is 110 Å². The van der Waals surface area contributed by atoms with Crippen molar-refractivity contribution in [2.75, 3.05) is 30.0 Å². The van der Waals surface area contributed by atoms with Crippen LogP contribution in [0.1, 0.15) is 13.3 Å². The third kappa shape index (κ3) is 3.19. The highest BCUT2D eigenvalue weighted by Crippen LogP contribution is 2.19. The molecule has 0 aliphatic carbocycles. The van der Waals surface area contributed by atoms with Crippen molar-refractivity contribution in [1.29, 1.82) is 0 Å². The van der Waals surface area contributed by atoms with Gasteiger partial charge < -0.3 is 19.8 Å². The Balaban J connectivity index is 2.19. The SMILES string of the molecule is CCCOc1nc(NN)nc(N2CC(O)C(O)C2)n1. The van der Waals surface area contributed by atoms with Crippen LogP contribution in [0.15, 0.2) is 0 Å². The molecule has 2 unspecified atom stereocenters. The van der Waals surface area contributed by atoms with E-state index in [9.17, 15) is 10.2 Å². The summed E-state index contributed by atoms with van der Waals surface area (Å²) in [5.74, 6) is 5.78. The van der Waals surface area contributed by atoms with E-state index in [1.54, 1.807) is 4.90 Å². The van der Waals surface area contributed by atoms with Crippen LogP contribution < -0.4 is 20.9 Å². The van der Waals surface area contributed by atoms with Crippen LogP contribution in [0, 0.1) is 0 Å². The van der Waals surface area contributed by atoms with Crippen molar-refractivity contribution < 1.29 is 14.9 Å². The number of rotatable bonds is 5. The van der Waals surface area contributed by atoms with Crippen molar-refractivity contribution in [3.63, 3.8) is 0 Å². The van der Waals surface area contributed by atoms with Crippen molar-refractivity contribution in [1.82, 2.24) is 15.0 Å². The number of aliphatic hydroxyl groups excluding tert-OH is 2. The van der Waals surface area contributed by atoms with E-state index in [1.807, 2.05) is 6.92 Å². The van der Waals surface area contributed by atoms with Crippen LogP contribution in [-0.4, -0.2) is 57.1 Å². The summed E-state index contributed by atoms with van der Waals surface area (Å²) in [6.45, 7) is 2.96. The molecule has 0 saturated carbocycles. The molecule has 1 aromatic rings. The minimum Gasteiger partial charge on any atom is -0.463 e. The van der Waals surface area contributed by atoms with Gasteiger partial charge in [0.05, 0.1) is 18.8 Å². The summed E-state index contributed by atoms with van der Waals surface area (Å²) in [5.41, 5.74) is 2.34. The van der Waals surface area contributed by atoms with Crippen molar-refractivity contribution in [3.8, 4) is 6.01 Å². The molecule has 9 heteroatoms. The number of hydrogen-bond acceptors (Lipinski definition) is 9. The molecular weight excluding hydrogens is 252 g/mol. The van der Waals surface area contributed by atoms with Gasteiger partial charge in [-0.2, -0.15) is 15.0 Å². The zero-order chi connectivity index (χ0) is 13.8. The van der Waals surface area contributed by atoms with E-state index in [4.69, 9.17) is 10.6 Å². The quantitative estimate of drug-likeness (QED) is 0.372. The fourth-order valence-electron chi connectivity index (χ4n) is 1.74. The molecule has 2 atom stereocenters. The summed E-state index contributed by atoms with van der Waals surface area (Å²) in [4.78, 5) is 13.8. The van der Waals surface area contributed by atoms with E-state index in [0.29, 0.717) is 12.6 Å². The average molecular weight is 270 g/mol. The normalized spacial score (nSPS) is 22.6. The van der Waals surface area contributed by atoms with E-state index >= 15 is 0 Å². The lowest BCUT2D eigenvalue weighted by Crippen LogP contribution is -2.25. The largest absolute Gasteiger partial charge is 0.463 e. The fraction of sp³-hybridized carbons (Fsp3) is 0.700. The Morgan fingerprint density at radius 2 is 2.00 bits per heavy atom. The highest BCUT2D eigenvalue weighted by molar-refractivity contribution is 5.39. The number of anilines is 2. The molecule has 0 radical (unpaired) electrons. The molecule has 1 aliphatic heterocycles. The lowest BCUT2D eigenvalue weighted by atomic mass is 10.3. The summed E-state index contributed by atoms with van der Waals surface area (Å²) in [6, 6.07) is 0.163. The molecule has 1 saturated heterocycles. The summed E-state index contributed by atoms with van der Waals surface area (Å²) in [7, 11) is 0. The molecule has 5 N–H and O–H groups in total. The summed E-state index contributed by atoms with van der Waals surface area (Å²) >= 11 is 0. The first-order valence-corrected chi connectivity index (χ1v) is 6.10. The number of ether oxygens (including phenoxy) is 1. The Morgan fingerprint density at radius 3 is 2.58 bits per heavy atom. The predicted octanol–water partition coefficient (Wildman–Crippen LogP) is -1.51. The second kappa shape index (κ2) is 5.95. The fourth-order valence-corrected chi connectivity index (χ4v) is 1.74. The zero-order valence-corrected chi connectivity index (χ0v) is 10.7. The van der Waals surface area contributed by atoms with Gasteiger partial charge in [0.25, 0.3) is 0 Å². The van der Waals surface area contributed by atoms with Gasteiger partial charge in [0, 0.05) is 13.1 Å². The molecule has 1 aromatic heterocycles. The summed E-state index contributed by atoms with van der Waals surface area (Å²) < 4.78 is 5.34. The van der Waals surface area contributed by atoms with Crippen LogP contribution >= 0.6 is 0 Å². The van der Waals surface area contributed by atoms with E-state index in [2.05, 4.69) is 20.4 Å². The maximum Gasteiger partial charge on any atom is 0.323 e. The molecule has 2 rings (SSSR count). The van der Waals surface area contributed by atoms with Crippen LogP contribution in [0.2, 0.25) is 0 Å². The highest BCUT2D eigenvalue weighted by atomic mass is 16.5. The number of β-amino-alcohol motifs (C(OH)–C–C–N with tert-alkyl or cyclic N) is 2. The maximum atomic E-state index is 9.53. The molecule has 1 aliphatic rings. The Kier molecular flexibility index (Phi) is 4.30. The van der Waals surface area contributed by atoms with Crippen LogP contribution in [0.4, 0.5) is 11.9 Å². The van der Waals surface area contributed by atoms with Gasteiger partial charge >= 0.3 is 6.01 Å². The van der Waals surface area contributed by atoms with Gasteiger partial charge in [0.2, 0.25) is 11.9 Å². The number of nitrogens with one attached hydrogen (secondary N) is 1. The topological polar surface area (TPSA) is 130 Å². The number of nitrogens with two attached hydrogens (primary N) is 1. The molecule has 2 heterocycles. The van der Waals surface area contributed by atoms with Crippen LogP contribution in [0.25, 0.3) is 0 Å². The Hall–Kier alpha value is -1.71. The van der Waals surface area contributed by atoms with Gasteiger partial charge in [-0.05, 0) is 6.42 Å². The second-order valence-corrected chi connectivity index (χ2v) is 4.27. The molecule has 0 aromatic carbocycles. The number of nitrogen functional groups attached to an aromatic ring is 1. The van der Waals surface area contributed by atoms with Crippen molar-refractivity contribution in [2.24, 2.45) is 5.84 Å². The standard InChI is InChI=1S/C10H18N6O3/c1-2-3-19-10-13-8(15-11)12-9(14-10)16-4-6(17)7(18)5-16/h6-7,17-18H,2-5,11H2,1H3,(H,12,13,14,15). The molecule has 0 amide bonds. The molecular formula is C10H18N6O3. The lowest BCUT2D eigenvalue weighted by Gasteiger charge is -2.16. The minimum atomic E-state index is -0.814. The first-order valence-electron chi connectivity index (χ1n) is 6.10. The minimum absolute atomic E-state index is 0.163. The van der Waals surface area contributed by atoms with Gasteiger partial charge in [-0.3, -0.25) is 5.43 Å². The van der Waals surface area contributed by atoms with Crippen LogP contribution in [0.5, 0.6) is 6.01 Å². The van der Waals surface area contributed by atoms with Gasteiger partial charge in [-0.15, -0.1) is 0 Å². The third-order valence-electron chi connectivity index (χ3n) is 2.71. The Morgan fingerprint density at radius 1 is 1.32 bits per heavy atom. The van der Waals surface area contributed by atoms with Gasteiger partial charge in [0.1, 0.15) is 0 Å². The molecule has 0 spiro atoms. The van der Waals surface area contributed by atoms with Crippen molar-refractivity contribution in [2.45, 2.75) is 25.6 Å². The van der Waals surface area contributed by atoms with E-state index < -0.39 is 12.2 Å². The zero-order valence-electron chi connectivity index (χ0n) is 10.7. The molecule has 106 valence electrons. The van der Waals surface area contributed by atoms with Gasteiger partial charge in [-0.25, -0.2) is 5.84 Å². The number of hydrazine groups is 1. The summed E-state index contributed by atoms with van der Waals surface area (Å²) in [5, 5.41) is 19.1. The summed E-state index contributed by atoms with van der Waals surface area (Å²) in [6.07, 6.45) is -0.801. The van der Waals surface area contributed by atoms with Gasteiger partial charge in [-0.1, -0.05) is 6.92 Å². The van der Waals surface area contributed by atoms with Crippen LogP contribution in [0.3, 0.4) is 0 Å². The van der Waals surface area contributed by atoms with Crippen LogP contribution in [-0.2, 0) is 0 Å². The van der Waals surface area contributed by atoms with E-state index in [-0.39, 0.29) is 25.0 Å². The molecule has 9 nitrogen and oxygen atoms in total. The monoisotopic (exact) mass is 270 g/mol. The molecule has 19 heavy (non-hydrogen) atoms. The lowest BCUT2D eigenvalue weighted by molar-refractivity contribution is 0.0572. The number of hydrogen-bond donors (Lipinski definition) is 4. The van der Waals surface area contributed by atoms with E-state index in [0.717, 1.165) is 6.42 Å².